The second kappa shape index (κ2) is 10.7. The Bertz CT molecular complexity index is 1560. The minimum absolute atomic E-state index is 0.0708. The number of amides is 1. The van der Waals surface area contributed by atoms with Gasteiger partial charge in [0.2, 0.25) is 0 Å². The van der Waals surface area contributed by atoms with E-state index in [9.17, 15) is 4.79 Å². The zero-order valence-electron chi connectivity index (χ0n) is 23.5. The molecule has 4 aromatic rings. The molecule has 3 heterocycles. The van der Waals surface area contributed by atoms with E-state index in [4.69, 9.17) is 9.72 Å². The summed E-state index contributed by atoms with van der Waals surface area (Å²) in [5.41, 5.74) is 4.29. The summed E-state index contributed by atoms with van der Waals surface area (Å²) in [5.74, 6) is 0.627. The number of nitrogens with zero attached hydrogens (tertiary/aromatic N) is 3. The van der Waals surface area contributed by atoms with Crippen molar-refractivity contribution in [1.29, 1.82) is 0 Å². The number of pyridine rings is 1. The predicted molar refractivity (Wildman–Crippen MR) is 163 cm³/mol. The van der Waals surface area contributed by atoms with Crippen molar-refractivity contribution in [2.45, 2.75) is 50.0 Å². The molecule has 205 valence electrons. The molecule has 40 heavy (non-hydrogen) atoms. The van der Waals surface area contributed by atoms with Crippen molar-refractivity contribution >= 4 is 38.4 Å². The highest BCUT2D eigenvalue weighted by Gasteiger charge is 2.47. The third-order valence-corrected chi connectivity index (χ3v) is 9.79. The monoisotopic (exact) mass is 567 g/mol. The minimum atomic E-state index is -0.409. The molecule has 2 aliphatic rings. The Kier molecular flexibility index (Phi) is 7.29. The molecule has 1 aliphatic heterocycles. The summed E-state index contributed by atoms with van der Waals surface area (Å²) in [7, 11) is 10.0. The lowest BCUT2D eigenvalue weighted by atomic mass is 9.95. The number of ether oxygens (including phenoxy) is 1. The molecule has 1 saturated carbocycles. The summed E-state index contributed by atoms with van der Waals surface area (Å²) in [5, 5.41) is 4.52. The van der Waals surface area contributed by atoms with Crippen molar-refractivity contribution in [3.63, 3.8) is 0 Å². The number of aryl methyl sites for hydroxylation is 1. The van der Waals surface area contributed by atoms with Crippen LogP contribution in [0.2, 0.25) is 0 Å². The average molecular weight is 568 g/mol. The van der Waals surface area contributed by atoms with Crippen LogP contribution in [0.1, 0.15) is 45.6 Å². The zero-order valence-corrected chi connectivity index (χ0v) is 25.3. The highest BCUT2D eigenvalue weighted by molar-refractivity contribution is 7.15. The van der Waals surface area contributed by atoms with Crippen LogP contribution in [0.3, 0.4) is 0 Å². The Balaban J connectivity index is 1.29. The van der Waals surface area contributed by atoms with Gasteiger partial charge in [0.15, 0.2) is 0 Å². The van der Waals surface area contributed by atoms with Crippen LogP contribution in [0, 0.1) is 6.92 Å². The third-order valence-electron chi connectivity index (χ3n) is 8.17. The number of thiophene rings is 1. The van der Waals surface area contributed by atoms with Gasteiger partial charge in [-0.25, -0.2) is 0 Å². The van der Waals surface area contributed by atoms with Crippen LogP contribution < -0.4 is 10.1 Å². The van der Waals surface area contributed by atoms with Gasteiger partial charge in [0, 0.05) is 39.5 Å². The van der Waals surface area contributed by atoms with Crippen LogP contribution in [0.15, 0.2) is 60.8 Å². The fraction of sp³-hybridized carbons (Fsp3) is 0.375. The molecule has 1 amide bonds. The van der Waals surface area contributed by atoms with Gasteiger partial charge >= 0.3 is 0 Å². The first-order valence-corrected chi connectivity index (χ1v) is 15.3. The zero-order chi connectivity index (χ0) is 28.0. The van der Waals surface area contributed by atoms with E-state index < -0.39 is 5.54 Å². The molecule has 0 spiro atoms. The van der Waals surface area contributed by atoms with Gasteiger partial charge in [0.1, 0.15) is 5.75 Å². The molecule has 6 nitrogen and oxygen atoms in total. The maximum absolute atomic E-state index is 13.8. The summed E-state index contributed by atoms with van der Waals surface area (Å²) >= 11 is 1.81. The third kappa shape index (κ3) is 5.33. The van der Waals surface area contributed by atoms with Crippen molar-refractivity contribution in [3.8, 4) is 16.2 Å². The summed E-state index contributed by atoms with van der Waals surface area (Å²) < 4.78 is 6.19. The first-order chi connectivity index (χ1) is 19.2. The largest absolute Gasteiger partial charge is 0.493 e. The highest BCUT2D eigenvalue weighted by atomic mass is 32.1. The Morgan fingerprint density at radius 1 is 1.23 bits per heavy atom. The first-order valence-electron chi connectivity index (χ1n) is 13.9. The van der Waals surface area contributed by atoms with E-state index in [2.05, 4.69) is 76.8 Å². The van der Waals surface area contributed by atoms with Crippen molar-refractivity contribution in [1.82, 2.24) is 20.1 Å². The quantitative estimate of drug-likeness (QED) is 0.277. The van der Waals surface area contributed by atoms with E-state index in [1.54, 1.807) is 0 Å². The van der Waals surface area contributed by atoms with E-state index in [-0.39, 0.29) is 11.6 Å². The van der Waals surface area contributed by atoms with E-state index >= 15 is 0 Å². The maximum atomic E-state index is 13.8. The maximum Gasteiger partial charge on any atom is 0.252 e. The number of aromatic nitrogens is 1. The topological polar surface area (TPSA) is 57.7 Å². The van der Waals surface area contributed by atoms with Gasteiger partial charge in [0.25, 0.3) is 5.91 Å². The predicted octanol–water partition coefficient (Wildman–Crippen LogP) is 5.33. The van der Waals surface area contributed by atoms with Gasteiger partial charge in [-0.3, -0.25) is 9.78 Å². The first kappa shape index (κ1) is 27.1. The number of hydrogen-bond acceptors (Lipinski definition) is 6. The van der Waals surface area contributed by atoms with Crippen LogP contribution in [-0.4, -0.2) is 70.4 Å². The van der Waals surface area contributed by atoms with Crippen LogP contribution in [0.25, 0.3) is 21.3 Å². The van der Waals surface area contributed by atoms with Gasteiger partial charge < -0.3 is 19.9 Å². The number of rotatable bonds is 9. The van der Waals surface area contributed by atoms with Crippen molar-refractivity contribution < 1.29 is 9.53 Å². The molecular formula is C32H35N4O2SSi. The average Bonchev–Trinajstić information content (AvgIpc) is 3.55. The number of nitrogens with one attached hydrogen (secondary N) is 1. The Hall–Kier alpha value is -3.04. The number of likely N-dealkylation sites (tertiary alicyclic amines) is 1. The number of fused-ring (bicyclic) bond motifs is 1. The summed E-state index contributed by atoms with van der Waals surface area (Å²) in [4.78, 5) is 25.5. The summed E-state index contributed by atoms with van der Waals surface area (Å²) in [6.45, 7) is 3.97. The standard InChI is InChI=1S/C32H35N4O2SSi/c1-20-7-8-22(38-31(40)28-11-15-36(28)4)18-25(20)30(37)34-32(12-13-32)26-16-21(17-27-24(26)6-5-14-33-27)29-10-9-23(39-29)19-35(2)3/h5-10,14,16-18,28,31H,11-13,15,19H2,1-4H3,(H,34,37)/t28-,31?/m0/s1. The lowest BCUT2D eigenvalue weighted by Gasteiger charge is -2.41. The van der Waals surface area contributed by atoms with Crippen molar-refractivity contribution in [2.24, 2.45) is 0 Å². The van der Waals surface area contributed by atoms with Gasteiger partial charge in [-0.15, -0.1) is 11.3 Å². The molecule has 1 unspecified atom stereocenters. The Morgan fingerprint density at radius 3 is 2.75 bits per heavy atom. The van der Waals surface area contributed by atoms with Gasteiger partial charge in [-0.2, -0.15) is 0 Å². The lowest BCUT2D eigenvalue weighted by molar-refractivity contribution is 0.0562. The van der Waals surface area contributed by atoms with Crippen molar-refractivity contribution in [2.75, 3.05) is 27.7 Å². The summed E-state index contributed by atoms with van der Waals surface area (Å²) in [6.07, 6.45) is 4.73. The number of hydrogen-bond donors (Lipinski definition) is 1. The number of likely N-dealkylation sites (N-methyl/N-ethyl adjacent to an activating group) is 1. The molecule has 6 rings (SSSR count). The molecule has 0 bridgehead atoms. The molecule has 2 fully saturated rings. The van der Waals surface area contributed by atoms with E-state index in [1.807, 2.05) is 48.7 Å². The normalized spacial score (nSPS) is 18.9. The van der Waals surface area contributed by atoms with Crippen LogP contribution in [0.4, 0.5) is 0 Å². The van der Waals surface area contributed by atoms with Crippen LogP contribution >= 0.6 is 11.3 Å². The molecular weight excluding hydrogens is 533 g/mol. The lowest BCUT2D eigenvalue weighted by Crippen LogP contribution is -2.53. The second-order valence-electron chi connectivity index (χ2n) is 11.5. The number of carbonyl (C=O) groups excluding carboxylic acids is 1. The smallest absolute Gasteiger partial charge is 0.252 e. The van der Waals surface area contributed by atoms with Gasteiger partial charge in [-0.1, -0.05) is 12.1 Å². The molecule has 1 aliphatic carbocycles. The number of benzene rings is 2. The molecule has 2 aromatic heterocycles. The molecule has 1 saturated heterocycles. The van der Waals surface area contributed by atoms with Crippen molar-refractivity contribution in [3.05, 3.63) is 82.4 Å². The van der Waals surface area contributed by atoms with E-state index in [1.165, 1.54) is 9.75 Å². The fourth-order valence-electron chi connectivity index (χ4n) is 5.58. The van der Waals surface area contributed by atoms with Gasteiger partial charge in [-0.05, 0) is 113 Å². The highest BCUT2D eigenvalue weighted by Crippen LogP contribution is 2.49. The SMILES string of the molecule is Cc1ccc(OC([Si])[C@@H]2CCN2C)cc1C(=O)NC1(c2cc(-c3ccc(CN(C)C)s3)cc3ncccc23)CC1. The van der Waals surface area contributed by atoms with Crippen LogP contribution in [0.5, 0.6) is 5.75 Å². The molecule has 1 N–H and O–H groups in total. The summed E-state index contributed by atoms with van der Waals surface area (Å²) in [6, 6.07) is 19.0. The van der Waals surface area contributed by atoms with Gasteiger partial charge in [0.05, 0.1) is 27.0 Å². The molecule has 2 aromatic carbocycles. The Morgan fingerprint density at radius 2 is 2.05 bits per heavy atom. The number of carbonyl (C=O) groups is 1. The fourth-order valence-corrected chi connectivity index (χ4v) is 7.26. The van der Waals surface area contributed by atoms with E-state index in [0.717, 1.165) is 59.9 Å². The van der Waals surface area contributed by atoms with E-state index in [0.29, 0.717) is 17.4 Å². The molecule has 2 atom stereocenters. The molecule has 8 heteroatoms. The Labute approximate surface area is 243 Å². The second-order valence-corrected chi connectivity index (χ2v) is 13.2. The minimum Gasteiger partial charge on any atom is -0.493 e. The van der Waals surface area contributed by atoms with Crippen LogP contribution in [-0.2, 0) is 12.1 Å². The molecule has 3 radical (unpaired) electrons.